The van der Waals surface area contributed by atoms with Gasteiger partial charge in [-0.1, -0.05) is 26.3 Å². The minimum absolute atomic E-state index is 0.0271. The van der Waals surface area contributed by atoms with E-state index in [1.807, 2.05) is 6.08 Å². The third-order valence-electron chi connectivity index (χ3n) is 7.56. The standard InChI is InChI=1S/C23H34O4Si/c1-23(2,3)28(5,6)27-13-14-12-18(25-4)20-19(17-10-11-26-22(17)20)15-8-7-9-16(15)21(14)24/h12,16-17,22H,7-11,13H2,1-6H3/b14-12-,19-15-,20-18-. The number of Topliss-reactive ketones (excluding diaryl/α,β-unsaturated/α-hetero) is 1. The fourth-order valence-corrected chi connectivity index (χ4v) is 5.80. The second-order valence-corrected chi connectivity index (χ2v) is 14.9. The highest BCUT2D eigenvalue weighted by molar-refractivity contribution is 6.74. The lowest BCUT2D eigenvalue weighted by atomic mass is 9.66. The van der Waals surface area contributed by atoms with Crippen LogP contribution in [0.4, 0.5) is 0 Å². The predicted octanol–water partition coefficient (Wildman–Crippen LogP) is 4.93. The monoisotopic (exact) mass is 402 g/mol. The first-order chi connectivity index (χ1) is 13.2. The molecule has 4 rings (SSSR count). The summed E-state index contributed by atoms with van der Waals surface area (Å²) in [6.45, 7) is 12.3. The van der Waals surface area contributed by atoms with Gasteiger partial charge in [0.1, 0.15) is 5.76 Å². The molecule has 3 aliphatic carbocycles. The summed E-state index contributed by atoms with van der Waals surface area (Å²) in [6.07, 6.45) is 6.26. The Bertz CT molecular complexity index is 781. The molecule has 4 aliphatic rings. The van der Waals surface area contributed by atoms with Crippen LogP contribution in [0.5, 0.6) is 0 Å². The number of rotatable bonds is 4. The lowest BCUT2D eigenvalue weighted by Crippen LogP contribution is -2.42. The summed E-state index contributed by atoms with van der Waals surface area (Å²) < 4.78 is 18.2. The van der Waals surface area contributed by atoms with Gasteiger partial charge in [0.2, 0.25) is 0 Å². The van der Waals surface area contributed by atoms with E-state index in [1.54, 1.807) is 7.11 Å². The summed E-state index contributed by atoms with van der Waals surface area (Å²) >= 11 is 0. The number of fused-ring (bicyclic) bond motifs is 5. The average molecular weight is 403 g/mol. The first kappa shape index (κ1) is 20.1. The van der Waals surface area contributed by atoms with Gasteiger partial charge >= 0.3 is 0 Å². The van der Waals surface area contributed by atoms with E-state index < -0.39 is 8.32 Å². The van der Waals surface area contributed by atoms with Crippen molar-refractivity contribution in [1.82, 2.24) is 0 Å². The van der Waals surface area contributed by atoms with Crippen molar-refractivity contribution in [2.24, 2.45) is 11.8 Å². The molecule has 2 saturated carbocycles. The lowest BCUT2D eigenvalue weighted by Gasteiger charge is -2.41. The molecule has 0 radical (unpaired) electrons. The van der Waals surface area contributed by atoms with Gasteiger partial charge in [0.25, 0.3) is 0 Å². The number of carbonyl (C=O) groups excluding carboxylic acids is 1. The van der Waals surface area contributed by atoms with Gasteiger partial charge in [-0.05, 0) is 55.5 Å². The molecule has 3 fully saturated rings. The van der Waals surface area contributed by atoms with Crippen molar-refractivity contribution in [3.05, 3.63) is 34.1 Å². The van der Waals surface area contributed by atoms with E-state index in [4.69, 9.17) is 13.9 Å². The molecule has 0 amide bonds. The molecule has 0 N–H and O–H groups in total. The Morgan fingerprint density at radius 3 is 2.64 bits per heavy atom. The molecule has 5 heteroatoms. The second kappa shape index (κ2) is 6.96. The van der Waals surface area contributed by atoms with E-state index in [0.29, 0.717) is 12.5 Å². The average Bonchev–Trinajstić information content (AvgIpc) is 3.23. The largest absolute Gasteiger partial charge is 0.496 e. The zero-order chi connectivity index (χ0) is 20.3. The summed E-state index contributed by atoms with van der Waals surface area (Å²) in [5.74, 6) is 1.54. The molecule has 0 bridgehead atoms. The summed E-state index contributed by atoms with van der Waals surface area (Å²) in [5, 5.41) is 0.116. The maximum absolute atomic E-state index is 13.5. The summed E-state index contributed by atoms with van der Waals surface area (Å²) in [7, 11) is -0.236. The molecular formula is C23H34O4Si. The van der Waals surface area contributed by atoms with Gasteiger partial charge in [-0.25, -0.2) is 0 Å². The van der Waals surface area contributed by atoms with E-state index in [1.165, 1.54) is 16.7 Å². The van der Waals surface area contributed by atoms with Crippen LogP contribution in [0.1, 0.15) is 46.5 Å². The Balaban J connectivity index is 1.72. The molecule has 1 heterocycles. The van der Waals surface area contributed by atoms with Gasteiger partial charge in [-0.15, -0.1) is 0 Å². The third kappa shape index (κ3) is 3.06. The molecule has 3 unspecified atom stereocenters. The maximum Gasteiger partial charge on any atom is 0.192 e. The van der Waals surface area contributed by atoms with E-state index in [0.717, 1.165) is 43.6 Å². The van der Waals surface area contributed by atoms with Crippen molar-refractivity contribution < 1.29 is 18.7 Å². The molecule has 0 aromatic carbocycles. The number of ether oxygens (including phenoxy) is 2. The van der Waals surface area contributed by atoms with Gasteiger partial charge in [-0.3, -0.25) is 4.79 Å². The number of hydrogen-bond donors (Lipinski definition) is 0. The highest BCUT2D eigenvalue weighted by atomic mass is 28.4. The Kier molecular flexibility index (Phi) is 5.00. The van der Waals surface area contributed by atoms with Crippen molar-refractivity contribution in [1.29, 1.82) is 0 Å². The van der Waals surface area contributed by atoms with Gasteiger partial charge in [0.15, 0.2) is 14.1 Å². The van der Waals surface area contributed by atoms with Crippen LogP contribution in [0.25, 0.3) is 0 Å². The van der Waals surface area contributed by atoms with Gasteiger partial charge in [0, 0.05) is 29.6 Å². The molecule has 3 atom stereocenters. The van der Waals surface area contributed by atoms with Crippen LogP contribution in [0.2, 0.25) is 18.1 Å². The van der Waals surface area contributed by atoms with Crippen LogP contribution in [0.15, 0.2) is 34.1 Å². The summed E-state index contributed by atoms with van der Waals surface area (Å²) in [4.78, 5) is 13.5. The maximum atomic E-state index is 13.5. The van der Waals surface area contributed by atoms with Crippen molar-refractivity contribution >= 4 is 14.1 Å². The normalized spacial score (nSPS) is 37.3. The zero-order valence-corrected chi connectivity index (χ0v) is 19.2. The number of carbonyl (C=O) groups is 1. The van der Waals surface area contributed by atoms with Crippen LogP contribution in [-0.2, 0) is 18.7 Å². The topological polar surface area (TPSA) is 44.8 Å². The SMILES string of the molecule is COC1=C2/C(=C3/CCCC3C(=O)/C(CO[Si](C)(C)C(C)(C)C)=C\1)C1CCOC21. The van der Waals surface area contributed by atoms with Crippen LogP contribution in [0.3, 0.4) is 0 Å². The molecule has 0 aromatic heterocycles. The van der Waals surface area contributed by atoms with Crippen molar-refractivity contribution in [2.75, 3.05) is 20.3 Å². The van der Waals surface area contributed by atoms with Crippen LogP contribution < -0.4 is 0 Å². The van der Waals surface area contributed by atoms with Crippen molar-refractivity contribution in [2.45, 2.75) is 70.7 Å². The molecule has 28 heavy (non-hydrogen) atoms. The molecule has 4 nitrogen and oxygen atoms in total. The summed E-state index contributed by atoms with van der Waals surface area (Å²) in [5.41, 5.74) is 4.71. The van der Waals surface area contributed by atoms with E-state index in [9.17, 15) is 4.79 Å². The fourth-order valence-electron chi connectivity index (χ4n) is 4.85. The van der Waals surface area contributed by atoms with Crippen molar-refractivity contribution in [3.8, 4) is 0 Å². The van der Waals surface area contributed by atoms with Crippen LogP contribution in [-0.4, -0.2) is 40.5 Å². The number of ketones is 1. The Labute approximate surface area is 170 Å². The second-order valence-electron chi connectivity index (χ2n) is 10.1. The smallest absolute Gasteiger partial charge is 0.192 e. The van der Waals surface area contributed by atoms with E-state index >= 15 is 0 Å². The molecular weight excluding hydrogens is 368 g/mol. The number of hydrogen-bond acceptors (Lipinski definition) is 4. The summed E-state index contributed by atoms with van der Waals surface area (Å²) in [6, 6.07) is 0. The first-order valence-electron chi connectivity index (χ1n) is 10.7. The van der Waals surface area contributed by atoms with Gasteiger partial charge in [-0.2, -0.15) is 0 Å². The molecule has 1 aliphatic heterocycles. The highest BCUT2D eigenvalue weighted by Crippen LogP contribution is 2.55. The highest BCUT2D eigenvalue weighted by Gasteiger charge is 2.51. The van der Waals surface area contributed by atoms with E-state index in [-0.39, 0.29) is 22.8 Å². The molecule has 0 spiro atoms. The Morgan fingerprint density at radius 2 is 1.96 bits per heavy atom. The quantitative estimate of drug-likeness (QED) is 0.625. The van der Waals surface area contributed by atoms with Gasteiger partial charge in [0.05, 0.1) is 19.8 Å². The molecule has 1 saturated heterocycles. The first-order valence-corrected chi connectivity index (χ1v) is 13.6. The number of allylic oxidation sites excluding steroid dienone is 2. The van der Waals surface area contributed by atoms with E-state index in [2.05, 4.69) is 33.9 Å². The van der Waals surface area contributed by atoms with Crippen molar-refractivity contribution in [3.63, 3.8) is 0 Å². The minimum atomic E-state index is -1.94. The number of methoxy groups -OCH3 is 1. The Hall–Kier alpha value is -1.17. The zero-order valence-electron chi connectivity index (χ0n) is 18.2. The minimum Gasteiger partial charge on any atom is -0.496 e. The Morgan fingerprint density at radius 1 is 1.21 bits per heavy atom. The molecule has 154 valence electrons. The van der Waals surface area contributed by atoms with Crippen LogP contribution >= 0.6 is 0 Å². The molecule has 0 aromatic rings. The lowest BCUT2D eigenvalue weighted by molar-refractivity contribution is -0.118. The predicted molar refractivity (Wildman–Crippen MR) is 112 cm³/mol. The van der Waals surface area contributed by atoms with Gasteiger partial charge < -0.3 is 13.9 Å². The third-order valence-corrected chi connectivity index (χ3v) is 12.0. The fraction of sp³-hybridized carbons (Fsp3) is 0.696. The van der Waals surface area contributed by atoms with Crippen LogP contribution in [0, 0.1) is 11.8 Å².